The third-order valence-corrected chi connectivity index (χ3v) is 2.07. The fourth-order valence-electron chi connectivity index (χ4n) is 1.19. The van der Waals surface area contributed by atoms with Crippen LogP contribution in [0.2, 0.25) is 5.02 Å². The zero-order valence-corrected chi connectivity index (χ0v) is 8.66. The van der Waals surface area contributed by atoms with Crippen molar-refractivity contribution < 1.29 is 9.90 Å². The van der Waals surface area contributed by atoms with Gasteiger partial charge in [-0.3, -0.25) is 10.1 Å². The molecule has 0 aliphatic heterocycles. The zero-order chi connectivity index (χ0) is 11.3. The van der Waals surface area contributed by atoms with E-state index in [-0.39, 0.29) is 6.54 Å². The van der Waals surface area contributed by atoms with Crippen LogP contribution < -0.4 is 5.32 Å². The largest absolute Gasteiger partial charge is 0.480 e. The van der Waals surface area contributed by atoms with E-state index in [0.717, 1.165) is 0 Å². The van der Waals surface area contributed by atoms with Gasteiger partial charge in [-0.05, 0) is 17.7 Å². The van der Waals surface area contributed by atoms with Crippen molar-refractivity contribution in [3.05, 3.63) is 34.9 Å². The highest BCUT2D eigenvalue weighted by atomic mass is 35.5. The Morgan fingerprint density at radius 2 is 2.40 bits per heavy atom. The van der Waals surface area contributed by atoms with Crippen molar-refractivity contribution in [1.29, 1.82) is 0 Å². The minimum atomic E-state index is -0.979. The van der Waals surface area contributed by atoms with E-state index in [9.17, 15) is 4.79 Å². The first-order valence-corrected chi connectivity index (χ1v) is 4.68. The molecule has 0 fully saturated rings. The molecule has 1 atom stereocenters. The molecule has 0 radical (unpaired) electrons. The van der Waals surface area contributed by atoms with Crippen LogP contribution in [0.25, 0.3) is 0 Å². The molecule has 0 bridgehead atoms. The molecule has 0 spiro atoms. The van der Waals surface area contributed by atoms with Crippen molar-refractivity contribution in [2.45, 2.75) is 6.04 Å². The standard InChI is InChI=1S/C11H10ClNO2/c1-2-6-13-10(11(14)15)8-4-3-5-9(12)7-8/h1,3-5,7,10,13H,6H2,(H,14,15). The van der Waals surface area contributed by atoms with E-state index in [0.29, 0.717) is 10.6 Å². The number of hydrogen-bond acceptors (Lipinski definition) is 2. The van der Waals surface area contributed by atoms with Gasteiger partial charge in [0.1, 0.15) is 6.04 Å². The van der Waals surface area contributed by atoms with Gasteiger partial charge in [-0.25, -0.2) is 0 Å². The molecule has 1 rings (SSSR count). The predicted molar refractivity (Wildman–Crippen MR) is 58.7 cm³/mol. The average molecular weight is 224 g/mol. The number of carboxylic acid groups (broad SMARTS) is 1. The lowest BCUT2D eigenvalue weighted by Gasteiger charge is -2.12. The number of nitrogens with one attached hydrogen (secondary N) is 1. The van der Waals surface area contributed by atoms with E-state index < -0.39 is 12.0 Å². The Bertz CT molecular complexity index is 398. The predicted octanol–water partition coefficient (Wildman–Crippen LogP) is 1.69. The van der Waals surface area contributed by atoms with Crippen molar-refractivity contribution in [2.24, 2.45) is 0 Å². The minimum Gasteiger partial charge on any atom is -0.480 e. The Kier molecular flexibility index (Phi) is 4.17. The third kappa shape index (κ3) is 3.28. The second kappa shape index (κ2) is 5.40. The minimum absolute atomic E-state index is 0.198. The monoisotopic (exact) mass is 223 g/mol. The molecule has 0 saturated heterocycles. The van der Waals surface area contributed by atoms with E-state index in [2.05, 4.69) is 11.2 Å². The molecule has 3 nitrogen and oxygen atoms in total. The van der Waals surface area contributed by atoms with Gasteiger partial charge in [-0.2, -0.15) is 0 Å². The summed E-state index contributed by atoms with van der Waals surface area (Å²) in [7, 11) is 0. The number of benzene rings is 1. The first-order valence-electron chi connectivity index (χ1n) is 4.30. The topological polar surface area (TPSA) is 49.3 Å². The maximum atomic E-state index is 10.9. The van der Waals surface area contributed by atoms with Crippen LogP contribution >= 0.6 is 11.6 Å². The normalized spacial score (nSPS) is 11.7. The fraction of sp³-hybridized carbons (Fsp3) is 0.182. The number of aliphatic carboxylic acids is 1. The molecule has 0 amide bonds. The summed E-state index contributed by atoms with van der Waals surface area (Å²) < 4.78 is 0. The summed E-state index contributed by atoms with van der Waals surface area (Å²) >= 11 is 5.77. The number of carbonyl (C=O) groups is 1. The Morgan fingerprint density at radius 3 is 2.93 bits per heavy atom. The van der Waals surface area contributed by atoms with E-state index in [1.165, 1.54) is 0 Å². The zero-order valence-electron chi connectivity index (χ0n) is 7.90. The maximum Gasteiger partial charge on any atom is 0.325 e. The summed E-state index contributed by atoms with van der Waals surface area (Å²) in [5.74, 6) is 1.35. The van der Waals surface area contributed by atoms with Gasteiger partial charge >= 0.3 is 5.97 Å². The van der Waals surface area contributed by atoms with Gasteiger partial charge in [-0.15, -0.1) is 6.42 Å². The Labute approximate surface area is 93.1 Å². The molecule has 0 saturated carbocycles. The Hall–Kier alpha value is -1.50. The lowest BCUT2D eigenvalue weighted by Crippen LogP contribution is -2.28. The summed E-state index contributed by atoms with van der Waals surface area (Å²) in [5, 5.41) is 12.2. The second-order valence-electron chi connectivity index (χ2n) is 2.91. The molecule has 0 heterocycles. The van der Waals surface area contributed by atoms with Crippen molar-refractivity contribution in [3.63, 3.8) is 0 Å². The molecular formula is C11H10ClNO2. The molecular weight excluding hydrogens is 214 g/mol. The summed E-state index contributed by atoms with van der Waals surface area (Å²) in [5.41, 5.74) is 0.588. The maximum absolute atomic E-state index is 10.9. The van der Waals surface area contributed by atoms with E-state index in [1.54, 1.807) is 24.3 Å². The first kappa shape index (κ1) is 11.6. The van der Waals surface area contributed by atoms with Crippen molar-refractivity contribution in [3.8, 4) is 12.3 Å². The van der Waals surface area contributed by atoms with Crippen molar-refractivity contribution >= 4 is 17.6 Å². The highest BCUT2D eigenvalue weighted by Gasteiger charge is 2.18. The molecule has 1 aromatic rings. The molecule has 1 unspecified atom stereocenters. The number of halogens is 1. The van der Waals surface area contributed by atoms with Gasteiger partial charge in [0, 0.05) is 5.02 Å². The van der Waals surface area contributed by atoms with Gasteiger partial charge in [0.15, 0.2) is 0 Å². The summed E-state index contributed by atoms with van der Waals surface area (Å²) in [4.78, 5) is 10.9. The molecule has 15 heavy (non-hydrogen) atoms. The highest BCUT2D eigenvalue weighted by molar-refractivity contribution is 6.30. The molecule has 4 heteroatoms. The van der Waals surface area contributed by atoms with Crippen LogP contribution in [-0.4, -0.2) is 17.6 Å². The van der Waals surface area contributed by atoms with Crippen molar-refractivity contribution in [2.75, 3.05) is 6.54 Å². The molecule has 0 aliphatic carbocycles. The van der Waals surface area contributed by atoms with E-state index >= 15 is 0 Å². The second-order valence-corrected chi connectivity index (χ2v) is 3.35. The summed E-state index contributed by atoms with van der Waals surface area (Å²) in [6, 6.07) is 5.86. The van der Waals surface area contributed by atoms with E-state index in [4.69, 9.17) is 23.1 Å². The first-order chi connectivity index (χ1) is 7.15. The van der Waals surface area contributed by atoms with Crippen LogP contribution in [-0.2, 0) is 4.79 Å². The van der Waals surface area contributed by atoms with Crippen LogP contribution in [0.15, 0.2) is 24.3 Å². The number of terminal acetylenes is 1. The van der Waals surface area contributed by atoms with E-state index in [1.807, 2.05) is 0 Å². The Morgan fingerprint density at radius 1 is 1.67 bits per heavy atom. The quantitative estimate of drug-likeness (QED) is 0.764. The molecule has 0 aliphatic rings. The molecule has 0 aromatic heterocycles. The van der Waals surface area contributed by atoms with Gasteiger partial charge in [0.05, 0.1) is 6.54 Å². The third-order valence-electron chi connectivity index (χ3n) is 1.84. The van der Waals surface area contributed by atoms with Gasteiger partial charge in [0.25, 0.3) is 0 Å². The van der Waals surface area contributed by atoms with Crippen LogP contribution in [0, 0.1) is 12.3 Å². The van der Waals surface area contributed by atoms with Crippen LogP contribution in [0.5, 0.6) is 0 Å². The SMILES string of the molecule is C#CCNC(C(=O)O)c1cccc(Cl)c1. The Balaban J connectivity index is 2.89. The summed E-state index contributed by atoms with van der Waals surface area (Å²) in [6.07, 6.45) is 5.05. The van der Waals surface area contributed by atoms with Crippen LogP contribution in [0.4, 0.5) is 0 Å². The van der Waals surface area contributed by atoms with Gasteiger partial charge < -0.3 is 5.11 Å². The lowest BCUT2D eigenvalue weighted by molar-refractivity contribution is -0.139. The smallest absolute Gasteiger partial charge is 0.325 e. The average Bonchev–Trinajstić information content (AvgIpc) is 2.18. The molecule has 1 aromatic carbocycles. The fourth-order valence-corrected chi connectivity index (χ4v) is 1.39. The molecule has 78 valence electrons. The summed E-state index contributed by atoms with van der Waals surface area (Å²) in [6.45, 7) is 0.198. The van der Waals surface area contributed by atoms with Crippen LogP contribution in [0.1, 0.15) is 11.6 Å². The van der Waals surface area contributed by atoms with Gasteiger partial charge in [-0.1, -0.05) is 29.7 Å². The van der Waals surface area contributed by atoms with Gasteiger partial charge in [0.2, 0.25) is 0 Å². The number of rotatable bonds is 4. The molecule has 2 N–H and O–H groups in total. The van der Waals surface area contributed by atoms with Crippen LogP contribution in [0.3, 0.4) is 0 Å². The lowest BCUT2D eigenvalue weighted by atomic mass is 10.1. The highest BCUT2D eigenvalue weighted by Crippen LogP contribution is 2.17. The number of carboxylic acids is 1. The number of hydrogen-bond donors (Lipinski definition) is 2. The van der Waals surface area contributed by atoms with Crippen molar-refractivity contribution in [1.82, 2.24) is 5.32 Å².